The molecule has 0 saturated carbocycles. The maximum atomic E-state index is 11.0. The van der Waals surface area contributed by atoms with E-state index in [4.69, 9.17) is 10.5 Å². The molecule has 1 aromatic heterocycles. The average molecular weight is 206 g/mol. The second-order valence-corrected chi connectivity index (χ2v) is 3.96. The quantitative estimate of drug-likeness (QED) is 0.794. The number of hydrogen-bond donors (Lipinski definition) is 1. The molecule has 0 aromatic carbocycles. The minimum Gasteiger partial charge on any atom is -0.366 e. The molecule has 4 heteroatoms. The van der Waals surface area contributed by atoms with Gasteiger partial charge in [-0.3, -0.25) is 9.78 Å². The third-order valence-electron chi connectivity index (χ3n) is 3.03. The molecule has 0 saturated heterocycles. The van der Waals surface area contributed by atoms with Crippen LogP contribution in [-0.2, 0) is 16.9 Å². The number of ether oxygens (including phenoxy) is 1. The molecule has 1 aromatic rings. The second-order valence-electron chi connectivity index (χ2n) is 3.96. The Hall–Kier alpha value is -1.42. The van der Waals surface area contributed by atoms with Gasteiger partial charge in [0, 0.05) is 11.8 Å². The lowest BCUT2D eigenvalue weighted by Gasteiger charge is -2.22. The molecule has 0 fully saturated rings. The molecule has 15 heavy (non-hydrogen) atoms. The Morgan fingerprint density at radius 2 is 2.47 bits per heavy atom. The minimum absolute atomic E-state index is 0.303. The van der Waals surface area contributed by atoms with E-state index in [1.54, 1.807) is 12.3 Å². The molecule has 0 spiro atoms. The van der Waals surface area contributed by atoms with Crippen LogP contribution in [0.4, 0.5) is 0 Å². The number of amides is 1. The zero-order valence-corrected chi connectivity index (χ0v) is 8.91. The molecule has 0 aliphatic carbocycles. The highest BCUT2D eigenvalue weighted by Gasteiger charge is 2.34. The zero-order chi connectivity index (χ0) is 11.1. The molecular formula is C11H14N2O2. The van der Waals surface area contributed by atoms with E-state index in [1.807, 2.05) is 6.92 Å². The fraction of sp³-hybridized carbons (Fsp3) is 0.455. The largest absolute Gasteiger partial charge is 0.366 e. The summed E-state index contributed by atoms with van der Waals surface area (Å²) in [7, 11) is 0. The highest BCUT2D eigenvalue weighted by atomic mass is 16.5. The molecule has 1 aliphatic heterocycles. The lowest BCUT2D eigenvalue weighted by molar-refractivity contribution is -0.0259. The van der Waals surface area contributed by atoms with Gasteiger partial charge in [0.25, 0.3) is 5.91 Å². The van der Waals surface area contributed by atoms with Crippen LogP contribution in [0.2, 0.25) is 0 Å². The van der Waals surface area contributed by atoms with E-state index >= 15 is 0 Å². The number of hydrogen-bond acceptors (Lipinski definition) is 3. The molecule has 80 valence electrons. The molecular weight excluding hydrogens is 192 g/mol. The molecule has 0 unspecified atom stereocenters. The highest BCUT2D eigenvalue weighted by Crippen LogP contribution is 2.38. The number of carbonyl (C=O) groups is 1. The van der Waals surface area contributed by atoms with E-state index in [2.05, 4.69) is 11.9 Å². The normalized spacial score (nSPS) is 23.9. The number of aromatic nitrogens is 1. The molecule has 2 heterocycles. The van der Waals surface area contributed by atoms with Gasteiger partial charge in [0.2, 0.25) is 0 Å². The summed E-state index contributed by atoms with van der Waals surface area (Å²) in [6.45, 7) is 4.63. The molecule has 0 radical (unpaired) electrons. The second kappa shape index (κ2) is 3.31. The number of rotatable bonds is 2. The van der Waals surface area contributed by atoms with Crippen LogP contribution in [0.1, 0.15) is 41.9 Å². The van der Waals surface area contributed by atoms with Gasteiger partial charge < -0.3 is 10.5 Å². The highest BCUT2D eigenvalue weighted by molar-refractivity contribution is 5.91. The summed E-state index contributed by atoms with van der Waals surface area (Å²) in [6, 6.07) is 1.74. The van der Waals surface area contributed by atoms with Crippen molar-refractivity contribution in [2.45, 2.75) is 32.5 Å². The Kier molecular flexibility index (Phi) is 2.23. The maximum absolute atomic E-state index is 11.0. The lowest BCUT2D eigenvalue weighted by Crippen LogP contribution is -2.20. The van der Waals surface area contributed by atoms with E-state index in [9.17, 15) is 4.79 Å². The number of nitrogens with zero attached hydrogens (tertiary/aromatic N) is 1. The fourth-order valence-corrected chi connectivity index (χ4v) is 1.83. The van der Waals surface area contributed by atoms with Gasteiger partial charge in [-0.05, 0) is 25.0 Å². The zero-order valence-electron chi connectivity index (χ0n) is 8.91. The predicted octanol–water partition coefficient (Wildman–Crippen LogP) is 1.34. The average Bonchev–Trinajstić information content (AvgIpc) is 2.57. The van der Waals surface area contributed by atoms with Crippen molar-refractivity contribution < 1.29 is 9.53 Å². The molecule has 2 N–H and O–H groups in total. The van der Waals surface area contributed by atoms with Gasteiger partial charge in [-0.2, -0.15) is 0 Å². The van der Waals surface area contributed by atoms with Crippen LogP contribution < -0.4 is 5.73 Å². The summed E-state index contributed by atoms with van der Waals surface area (Å²) >= 11 is 0. The van der Waals surface area contributed by atoms with Gasteiger partial charge in [-0.15, -0.1) is 0 Å². The summed E-state index contributed by atoms with van der Waals surface area (Å²) < 4.78 is 5.70. The van der Waals surface area contributed by atoms with Crippen LogP contribution >= 0.6 is 0 Å². The van der Waals surface area contributed by atoms with E-state index in [1.165, 1.54) is 0 Å². The van der Waals surface area contributed by atoms with Crippen LogP contribution in [-0.4, -0.2) is 10.9 Å². The Labute approximate surface area is 88.4 Å². The SMILES string of the molecule is CC[C@]1(C)OCc2cnc(C(N)=O)cc21. The van der Waals surface area contributed by atoms with E-state index in [0.717, 1.165) is 17.5 Å². The first-order valence-corrected chi connectivity index (χ1v) is 5.00. The van der Waals surface area contributed by atoms with Gasteiger partial charge in [-0.1, -0.05) is 6.92 Å². The fourth-order valence-electron chi connectivity index (χ4n) is 1.83. The number of pyridine rings is 1. The Morgan fingerprint density at radius 3 is 3.07 bits per heavy atom. The molecule has 1 atom stereocenters. The molecule has 1 amide bonds. The molecule has 2 rings (SSSR count). The predicted molar refractivity (Wildman–Crippen MR) is 55.2 cm³/mol. The third kappa shape index (κ3) is 1.51. The van der Waals surface area contributed by atoms with Crippen LogP contribution in [0.3, 0.4) is 0 Å². The van der Waals surface area contributed by atoms with Gasteiger partial charge in [0.05, 0.1) is 12.2 Å². The third-order valence-corrected chi connectivity index (χ3v) is 3.03. The summed E-state index contributed by atoms with van der Waals surface area (Å²) in [6.07, 6.45) is 2.54. The lowest BCUT2D eigenvalue weighted by atomic mass is 9.92. The van der Waals surface area contributed by atoms with E-state index in [-0.39, 0.29) is 5.60 Å². The van der Waals surface area contributed by atoms with Gasteiger partial charge in [0.1, 0.15) is 5.69 Å². The topological polar surface area (TPSA) is 65.2 Å². The molecule has 1 aliphatic rings. The van der Waals surface area contributed by atoms with Gasteiger partial charge >= 0.3 is 0 Å². The summed E-state index contributed by atoms with van der Waals surface area (Å²) in [5.41, 5.74) is 7.28. The summed E-state index contributed by atoms with van der Waals surface area (Å²) in [5, 5.41) is 0. The minimum atomic E-state index is -0.497. The Balaban J connectivity index is 2.51. The monoisotopic (exact) mass is 206 g/mol. The van der Waals surface area contributed by atoms with Gasteiger partial charge in [0.15, 0.2) is 0 Å². The van der Waals surface area contributed by atoms with Crippen molar-refractivity contribution in [1.29, 1.82) is 0 Å². The van der Waals surface area contributed by atoms with E-state index in [0.29, 0.717) is 12.3 Å². The smallest absolute Gasteiger partial charge is 0.267 e. The van der Waals surface area contributed by atoms with Crippen LogP contribution in [0.25, 0.3) is 0 Å². The van der Waals surface area contributed by atoms with Crippen molar-refractivity contribution in [1.82, 2.24) is 4.98 Å². The molecule has 0 bridgehead atoms. The Morgan fingerprint density at radius 1 is 1.73 bits per heavy atom. The number of carbonyl (C=O) groups excluding carboxylic acids is 1. The summed E-state index contributed by atoms with van der Waals surface area (Å²) in [4.78, 5) is 15.0. The van der Waals surface area contributed by atoms with Crippen molar-refractivity contribution in [3.8, 4) is 0 Å². The van der Waals surface area contributed by atoms with Gasteiger partial charge in [-0.25, -0.2) is 0 Å². The van der Waals surface area contributed by atoms with Crippen LogP contribution in [0.15, 0.2) is 12.3 Å². The maximum Gasteiger partial charge on any atom is 0.267 e. The van der Waals surface area contributed by atoms with Crippen molar-refractivity contribution in [2.24, 2.45) is 5.73 Å². The van der Waals surface area contributed by atoms with E-state index < -0.39 is 5.91 Å². The molecule has 4 nitrogen and oxygen atoms in total. The first-order valence-electron chi connectivity index (χ1n) is 5.00. The van der Waals surface area contributed by atoms with Crippen molar-refractivity contribution in [2.75, 3.05) is 0 Å². The number of primary amides is 1. The van der Waals surface area contributed by atoms with Crippen molar-refractivity contribution >= 4 is 5.91 Å². The first-order chi connectivity index (χ1) is 7.07. The van der Waals surface area contributed by atoms with Crippen molar-refractivity contribution in [3.05, 3.63) is 29.1 Å². The first kappa shape index (κ1) is 10.1. The van der Waals surface area contributed by atoms with Crippen molar-refractivity contribution in [3.63, 3.8) is 0 Å². The van der Waals surface area contributed by atoms with Crippen LogP contribution in [0.5, 0.6) is 0 Å². The number of fused-ring (bicyclic) bond motifs is 1. The number of nitrogens with two attached hydrogens (primary N) is 1. The summed E-state index contributed by atoms with van der Waals surface area (Å²) in [5.74, 6) is -0.497. The standard InChI is InChI=1S/C11H14N2O2/c1-3-11(2)8-4-9(10(12)14)13-5-7(8)6-15-11/h4-5H,3,6H2,1-2H3,(H2,12,14)/t11-/m0/s1. The van der Waals surface area contributed by atoms with Crippen LogP contribution in [0, 0.1) is 0 Å². The Bertz CT molecular complexity index is 417.